The second-order valence-corrected chi connectivity index (χ2v) is 7.12. The van der Waals surface area contributed by atoms with Crippen LogP contribution >= 0.6 is 0 Å². The number of benzene rings is 1. The fraction of sp³-hybridized carbons (Fsp3) is 0.227. The maximum atomic E-state index is 12.7. The molecule has 0 saturated carbocycles. The Balaban J connectivity index is 1.44. The van der Waals surface area contributed by atoms with Crippen LogP contribution in [0.4, 0.5) is 18.9 Å². The van der Waals surface area contributed by atoms with E-state index in [4.69, 9.17) is 4.74 Å². The summed E-state index contributed by atoms with van der Waals surface area (Å²) in [5, 5.41) is 9.43. The molecule has 0 N–H and O–H groups in total. The van der Waals surface area contributed by atoms with Gasteiger partial charge in [-0.25, -0.2) is 0 Å². The molecular weight excluding hydrogens is 427 g/mol. The van der Waals surface area contributed by atoms with E-state index in [9.17, 15) is 28.0 Å². The summed E-state index contributed by atoms with van der Waals surface area (Å²) in [6.07, 6.45) is -1.26. The number of pyridine rings is 1. The number of halogens is 3. The van der Waals surface area contributed by atoms with Gasteiger partial charge in [0, 0.05) is 36.3 Å². The Hall–Kier alpha value is -4.00. The van der Waals surface area contributed by atoms with Crippen molar-refractivity contribution in [1.82, 2.24) is 4.40 Å². The average Bonchev–Trinajstić information content (AvgIpc) is 3.30. The molecule has 0 unspecified atom stereocenters. The minimum absolute atomic E-state index is 0.146. The lowest BCUT2D eigenvalue weighted by Crippen LogP contribution is -2.31. The highest BCUT2D eigenvalue weighted by atomic mass is 19.4. The molecule has 0 spiro atoms. The maximum absolute atomic E-state index is 12.7. The number of amides is 1. The van der Waals surface area contributed by atoms with E-state index in [0.717, 1.165) is 12.1 Å². The lowest BCUT2D eigenvalue weighted by molar-refractivity contribution is -0.274. The Morgan fingerprint density at radius 3 is 2.78 bits per heavy atom. The first-order valence-electron chi connectivity index (χ1n) is 9.59. The van der Waals surface area contributed by atoms with Gasteiger partial charge in [-0.3, -0.25) is 9.59 Å². The number of fused-ring (bicyclic) bond motifs is 1. The summed E-state index contributed by atoms with van der Waals surface area (Å²) in [4.78, 5) is 26.5. The molecule has 4 rings (SSSR count). The van der Waals surface area contributed by atoms with Crippen molar-refractivity contribution in [3.8, 4) is 11.8 Å². The van der Waals surface area contributed by atoms with Crippen molar-refractivity contribution in [2.45, 2.75) is 19.4 Å². The van der Waals surface area contributed by atoms with Gasteiger partial charge in [0.2, 0.25) is 5.91 Å². The SMILES string of the molecule is N#Cc1c(COC(=O)[C@H]2CCN(c3cccc(OC(F)(F)F)c3)C2=O)cn2ccccc12. The van der Waals surface area contributed by atoms with Crippen LogP contribution in [0, 0.1) is 17.2 Å². The zero-order valence-electron chi connectivity index (χ0n) is 16.5. The highest BCUT2D eigenvalue weighted by Gasteiger charge is 2.39. The number of carbonyl (C=O) groups excluding carboxylic acids is 2. The highest BCUT2D eigenvalue weighted by Crippen LogP contribution is 2.31. The topological polar surface area (TPSA) is 84.0 Å². The number of hydrogen-bond donors (Lipinski definition) is 0. The van der Waals surface area contributed by atoms with Crippen molar-refractivity contribution in [3.05, 3.63) is 66.0 Å². The van der Waals surface area contributed by atoms with Crippen LogP contribution in [0.15, 0.2) is 54.9 Å². The molecule has 1 saturated heterocycles. The molecule has 0 aliphatic carbocycles. The van der Waals surface area contributed by atoms with Crippen molar-refractivity contribution >= 4 is 23.1 Å². The smallest absolute Gasteiger partial charge is 0.460 e. The molecule has 1 aliphatic rings. The third kappa shape index (κ3) is 4.23. The molecule has 3 aromatic rings. The summed E-state index contributed by atoms with van der Waals surface area (Å²) in [6, 6.07) is 12.4. The van der Waals surface area contributed by atoms with Gasteiger partial charge in [-0.15, -0.1) is 13.2 Å². The highest BCUT2D eigenvalue weighted by molar-refractivity contribution is 6.08. The van der Waals surface area contributed by atoms with Gasteiger partial charge in [0.05, 0.1) is 11.1 Å². The zero-order chi connectivity index (χ0) is 22.9. The molecule has 1 fully saturated rings. The van der Waals surface area contributed by atoms with E-state index in [2.05, 4.69) is 10.8 Å². The van der Waals surface area contributed by atoms with Gasteiger partial charge in [0.25, 0.3) is 0 Å². The molecule has 7 nitrogen and oxygen atoms in total. The average molecular weight is 443 g/mol. The van der Waals surface area contributed by atoms with Crippen LogP contribution in [-0.2, 0) is 20.9 Å². The molecule has 164 valence electrons. The summed E-state index contributed by atoms with van der Waals surface area (Å²) in [5.41, 5.74) is 1.74. The Morgan fingerprint density at radius 2 is 2.03 bits per heavy atom. The maximum Gasteiger partial charge on any atom is 0.573 e. The monoisotopic (exact) mass is 443 g/mol. The van der Waals surface area contributed by atoms with Crippen molar-refractivity contribution < 1.29 is 32.2 Å². The largest absolute Gasteiger partial charge is 0.573 e. The molecule has 2 aromatic heterocycles. The van der Waals surface area contributed by atoms with Gasteiger partial charge in [-0.2, -0.15) is 5.26 Å². The Morgan fingerprint density at radius 1 is 1.22 bits per heavy atom. The normalized spacial score (nSPS) is 16.2. The summed E-state index contributed by atoms with van der Waals surface area (Å²) in [6.45, 7) is -0.0320. The van der Waals surface area contributed by atoms with Crippen LogP contribution in [0.1, 0.15) is 17.5 Å². The van der Waals surface area contributed by atoms with Crippen LogP contribution in [0.3, 0.4) is 0 Å². The number of nitrogens with zero attached hydrogens (tertiary/aromatic N) is 3. The molecule has 1 aromatic carbocycles. The third-order valence-corrected chi connectivity index (χ3v) is 5.10. The van der Waals surface area contributed by atoms with Crippen LogP contribution in [0.25, 0.3) is 5.52 Å². The quantitative estimate of drug-likeness (QED) is 0.442. The minimum Gasteiger partial charge on any atom is -0.460 e. The van der Waals surface area contributed by atoms with E-state index in [1.54, 1.807) is 35.0 Å². The van der Waals surface area contributed by atoms with Gasteiger partial charge >= 0.3 is 12.3 Å². The fourth-order valence-corrected chi connectivity index (χ4v) is 3.67. The number of esters is 1. The van der Waals surface area contributed by atoms with Crippen molar-refractivity contribution in [3.63, 3.8) is 0 Å². The van der Waals surface area contributed by atoms with Gasteiger partial charge in [-0.05, 0) is 30.7 Å². The number of nitriles is 1. The summed E-state index contributed by atoms with van der Waals surface area (Å²) in [5.74, 6) is -2.86. The predicted molar refractivity (Wildman–Crippen MR) is 105 cm³/mol. The second kappa shape index (κ2) is 8.26. The predicted octanol–water partition coefficient (Wildman–Crippen LogP) is 3.81. The molecule has 32 heavy (non-hydrogen) atoms. The van der Waals surface area contributed by atoms with E-state index in [-0.39, 0.29) is 25.3 Å². The van der Waals surface area contributed by atoms with Crippen LogP contribution in [-0.4, -0.2) is 29.2 Å². The van der Waals surface area contributed by atoms with E-state index < -0.39 is 29.9 Å². The number of anilines is 1. The van der Waals surface area contributed by atoms with Crippen LogP contribution in [0.5, 0.6) is 5.75 Å². The van der Waals surface area contributed by atoms with Crippen molar-refractivity contribution in [2.75, 3.05) is 11.4 Å². The number of hydrogen-bond acceptors (Lipinski definition) is 5. The van der Waals surface area contributed by atoms with E-state index in [0.29, 0.717) is 16.6 Å². The van der Waals surface area contributed by atoms with Gasteiger partial charge in [-0.1, -0.05) is 12.1 Å². The first-order chi connectivity index (χ1) is 15.3. The molecule has 1 amide bonds. The number of carbonyl (C=O) groups is 2. The molecule has 1 aliphatic heterocycles. The summed E-state index contributed by atoms with van der Waals surface area (Å²) in [7, 11) is 0. The molecule has 10 heteroatoms. The Labute approximate surface area is 180 Å². The second-order valence-electron chi connectivity index (χ2n) is 7.12. The zero-order valence-corrected chi connectivity index (χ0v) is 16.5. The standard InChI is InChI=1S/C22H16F3N3O4/c23-22(24,25)32-16-5-3-4-15(10-16)28-9-7-17(20(28)29)21(30)31-13-14-12-27-8-2-1-6-19(27)18(14)11-26/h1-6,8,10,12,17H,7,9,13H2/t17-/m0/s1. The summed E-state index contributed by atoms with van der Waals surface area (Å²) < 4.78 is 48.3. The molecule has 0 radical (unpaired) electrons. The molecule has 1 atom stereocenters. The molecule has 3 heterocycles. The number of ether oxygens (including phenoxy) is 2. The number of alkyl halides is 3. The van der Waals surface area contributed by atoms with Crippen LogP contribution < -0.4 is 9.64 Å². The van der Waals surface area contributed by atoms with Gasteiger partial charge < -0.3 is 18.8 Å². The lowest BCUT2D eigenvalue weighted by atomic mass is 10.1. The van der Waals surface area contributed by atoms with Crippen molar-refractivity contribution in [1.29, 1.82) is 5.26 Å². The van der Waals surface area contributed by atoms with E-state index in [1.165, 1.54) is 17.0 Å². The summed E-state index contributed by atoms with van der Waals surface area (Å²) >= 11 is 0. The lowest BCUT2D eigenvalue weighted by Gasteiger charge is -2.18. The third-order valence-electron chi connectivity index (χ3n) is 5.10. The Kier molecular flexibility index (Phi) is 5.48. The van der Waals surface area contributed by atoms with E-state index in [1.807, 2.05) is 0 Å². The first-order valence-corrected chi connectivity index (χ1v) is 9.59. The van der Waals surface area contributed by atoms with Gasteiger partial charge in [0.1, 0.15) is 24.3 Å². The van der Waals surface area contributed by atoms with E-state index >= 15 is 0 Å². The number of rotatable bonds is 5. The van der Waals surface area contributed by atoms with Gasteiger partial charge in [0.15, 0.2) is 0 Å². The molecule has 0 bridgehead atoms. The van der Waals surface area contributed by atoms with Crippen molar-refractivity contribution in [2.24, 2.45) is 5.92 Å². The molecular formula is C22H16F3N3O4. The van der Waals surface area contributed by atoms with Crippen LogP contribution in [0.2, 0.25) is 0 Å². The Bertz CT molecular complexity index is 1230. The number of aromatic nitrogens is 1. The fourth-order valence-electron chi connectivity index (χ4n) is 3.67. The first kappa shape index (κ1) is 21.2. The minimum atomic E-state index is -4.86.